The molecule has 0 atom stereocenters. The van der Waals surface area contributed by atoms with Gasteiger partial charge in [0, 0.05) is 10.9 Å². The standard InChI is InChI=1S/C22H19N3O4/c1-27-17-8-4-7-15-12-18(28-19(15)17)20(26)23-22-25-24-21(29-22)16-10-9-13-5-2-3-6-14(13)11-16/h4,7-12H,2-3,5-6H2,1H3,(H,23,25,26). The predicted octanol–water partition coefficient (Wildman–Crippen LogP) is 4.62. The first-order valence-electron chi connectivity index (χ1n) is 9.55. The molecule has 29 heavy (non-hydrogen) atoms. The van der Waals surface area contributed by atoms with Crippen LogP contribution >= 0.6 is 0 Å². The second-order valence-electron chi connectivity index (χ2n) is 7.05. The topological polar surface area (TPSA) is 90.4 Å². The summed E-state index contributed by atoms with van der Waals surface area (Å²) in [4.78, 5) is 12.5. The van der Waals surface area contributed by atoms with Crippen LogP contribution in [-0.4, -0.2) is 23.2 Å². The van der Waals surface area contributed by atoms with Crippen LogP contribution in [0.3, 0.4) is 0 Å². The molecule has 0 bridgehead atoms. The molecule has 2 aromatic carbocycles. The molecule has 0 spiro atoms. The molecule has 2 aromatic heterocycles. The van der Waals surface area contributed by atoms with Crippen LogP contribution in [0.2, 0.25) is 0 Å². The van der Waals surface area contributed by atoms with Crippen molar-refractivity contribution >= 4 is 22.9 Å². The van der Waals surface area contributed by atoms with Crippen LogP contribution in [0.15, 0.2) is 51.3 Å². The third-order valence-corrected chi connectivity index (χ3v) is 5.19. The lowest BCUT2D eigenvalue weighted by Crippen LogP contribution is -2.10. The molecule has 1 N–H and O–H groups in total. The van der Waals surface area contributed by atoms with Crippen LogP contribution in [0.4, 0.5) is 6.01 Å². The fourth-order valence-corrected chi connectivity index (χ4v) is 3.72. The molecular formula is C22H19N3O4. The Morgan fingerprint density at radius 3 is 2.76 bits per heavy atom. The first-order chi connectivity index (χ1) is 14.2. The number of nitrogens with zero attached hydrogens (tertiary/aromatic N) is 2. The predicted molar refractivity (Wildman–Crippen MR) is 107 cm³/mol. The van der Waals surface area contributed by atoms with Gasteiger partial charge in [-0.3, -0.25) is 10.1 Å². The molecule has 1 aliphatic carbocycles. The van der Waals surface area contributed by atoms with Crippen LogP contribution in [-0.2, 0) is 12.8 Å². The maximum atomic E-state index is 12.5. The number of fused-ring (bicyclic) bond motifs is 2. The van der Waals surface area contributed by atoms with Crippen molar-refractivity contribution in [3.05, 3.63) is 59.4 Å². The van der Waals surface area contributed by atoms with Crippen LogP contribution in [0.25, 0.3) is 22.4 Å². The highest BCUT2D eigenvalue weighted by atomic mass is 16.5. The molecule has 5 rings (SSSR count). The van der Waals surface area contributed by atoms with E-state index in [0.29, 0.717) is 17.2 Å². The summed E-state index contributed by atoms with van der Waals surface area (Å²) < 4.78 is 16.6. The summed E-state index contributed by atoms with van der Waals surface area (Å²) in [5, 5.41) is 11.4. The number of amides is 1. The molecule has 2 heterocycles. The molecule has 4 aromatic rings. The van der Waals surface area contributed by atoms with E-state index in [2.05, 4.69) is 27.6 Å². The minimum absolute atomic E-state index is 0.0233. The van der Waals surface area contributed by atoms with Crippen molar-refractivity contribution in [1.82, 2.24) is 10.2 Å². The number of benzene rings is 2. The number of furan rings is 1. The minimum atomic E-state index is -0.469. The zero-order valence-electron chi connectivity index (χ0n) is 15.9. The summed E-state index contributed by atoms with van der Waals surface area (Å²) in [7, 11) is 1.55. The van der Waals surface area contributed by atoms with Gasteiger partial charge in [0.1, 0.15) is 0 Å². The Morgan fingerprint density at radius 2 is 1.90 bits per heavy atom. The van der Waals surface area contributed by atoms with E-state index in [0.717, 1.165) is 23.8 Å². The zero-order chi connectivity index (χ0) is 19.8. The van der Waals surface area contributed by atoms with Gasteiger partial charge in [-0.25, -0.2) is 0 Å². The van der Waals surface area contributed by atoms with Crippen molar-refractivity contribution in [2.75, 3.05) is 12.4 Å². The summed E-state index contributed by atoms with van der Waals surface area (Å²) in [6, 6.07) is 13.3. The van der Waals surface area contributed by atoms with Crippen molar-refractivity contribution in [2.45, 2.75) is 25.7 Å². The molecule has 146 valence electrons. The number of aryl methyl sites for hydroxylation is 2. The van der Waals surface area contributed by atoms with Gasteiger partial charge in [0.2, 0.25) is 5.89 Å². The smallest absolute Gasteiger partial charge is 0.322 e. The molecule has 1 amide bonds. The number of nitrogens with one attached hydrogen (secondary N) is 1. The number of ether oxygens (including phenoxy) is 1. The number of carbonyl (C=O) groups excluding carboxylic acids is 1. The van der Waals surface area contributed by atoms with E-state index in [4.69, 9.17) is 13.6 Å². The maximum absolute atomic E-state index is 12.5. The van der Waals surface area contributed by atoms with Gasteiger partial charge in [0.15, 0.2) is 17.1 Å². The second kappa shape index (κ2) is 7.09. The van der Waals surface area contributed by atoms with E-state index in [1.165, 1.54) is 24.0 Å². The van der Waals surface area contributed by atoms with E-state index >= 15 is 0 Å². The van der Waals surface area contributed by atoms with Crippen LogP contribution in [0.5, 0.6) is 5.75 Å². The molecule has 0 aliphatic heterocycles. The summed E-state index contributed by atoms with van der Waals surface area (Å²) in [6.07, 6.45) is 4.61. The molecule has 0 unspecified atom stereocenters. The molecule has 0 saturated carbocycles. The molecule has 1 aliphatic rings. The summed E-state index contributed by atoms with van der Waals surface area (Å²) >= 11 is 0. The Kier molecular flexibility index (Phi) is 4.27. The number of anilines is 1. The van der Waals surface area contributed by atoms with E-state index in [1.807, 2.05) is 18.2 Å². The van der Waals surface area contributed by atoms with Gasteiger partial charge in [-0.15, -0.1) is 5.10 Å². The molecule has 0 saturated heterocycles. The summed E-state index contributed by atoms with van der Waals surface area (Å²) in [5.74, 6) is 0.607. The second-order valence-corrected chi connectivity index (χ2v) is 7.05. The monoisotopic (exact) mass is 389 g/mol. The Hall–Kier alpha value is -3.61. The van der Waals surface area contributed by atoms with E-state index in [-0.39, 0.29) is 11.8 Å². The third kappa shape index (κ3) is 3.24. The SMILES string of the molecule is COc1cccc2cc(C(=O)Nc3nnc(-c4ccc5c(c4)CCCC5)o3)oc12. The number of methoxy groups -OCH3 is 1. The van der Waals surface area contributed by atoms with Crippen molar-refractivity contribution in [2.24, 2.45) is 0 Å². The molecule has 7 nitrogen and oxygen atoms in total. The molecule has 0 radical (unpaired) electrons. The first kappa shape index (κ1) is 17.5. The van der Waals surface area contributed by atoms with Gasteiger partial charge in [-0.1, -0.05) is 23.3 Å². The highest BCUT2D eigenvalue weighted by Crippen LogP contribution is 2.30. The van der Waals surface area contributed by atoms with Gasteiger partial charge in [0.05, 0.1) is 7.11 Å². The van der Waals surface area contributed by atoms with E-state index in [1.54, 1.807) is 19.2 Å². The quantitative estimate of drug-likeness (QED) is 0.548. The van der Waals surface area contributed by atoms with E-state index < -0.39 is 5.91 Å². The lowest BCUT2D eigenvalue weighted by molar-refractivity contribution is 0.0995. The average molecular weight is 389 g/mol. The molecule has 7 heteroatoms. The van der Waals surface area contributed by atoms with Crippen LogP contribution in [0.1, 0.15) is 34.5 Å². The average Bonchev–Trinajstić information content (AvgIpc) is 3.40. The largest absolute Gasteiger partial charge is 0.493 e. The van der Waals surface area contributed by atoms with Gasteiger partial charge in [-0.05, 0) is 61.1 Å². The van der Waals surface area contributed by atoms with Crippen molar-refractivity contribution in [3.8, 4) is 17.2 Å². The Labute approximate surface area is 166 Å². The summed E-state index contributed by atoms with van der Waals surface area (Å²) in [6.45, 7) is 0. The van der Waals surface area contributed by atoms with Gasteiger partial charge in [0.25, 0.3) is 5.91 Å². The Balaban J connectivity index is 1.37. The van der Waals surface area contributed by atoms with Gasteiger partial charge >= 0.3 is 6.01 Å². The number of rotatable bonds is 4. The van der Waals surface area contributed by atoms with Gasteiger partial charge in [-0.2, -0.15) is 0 Å². The first-order valence-corrected chi connectivity index (χ1v) is 9.55. The normalized spacial score (nSPS) is 13.3. The number of carbonyl (C=O) groups is 1. The number of hydrogen-bond donors (Lipinski definition) is 1. The minimum Gasteiger partial charge on any atom is -0.493 e. The molecular weight excluding hydrogens is 370 g/mol. The number of aromatic nitrogens is 2. The highest BCUT2D eigenvalue weighted by Gasteiger charge is 2.18. The zero-order valence-corrected chi connectivity index (χ0v) is 15.9. The maximum Gasteiger partial charge on any atom is 0.322 e. The lowest BCUT2D eigenvalue weighted by Gasteiger charge is -2.15. The van der Waals surface area contributed by atoms with Crippen LogP contribution < -0.4 is 10.1 Å². The van der Waals surface area contributed by atoms with Crippen molar-refractivity contribution in [3.63, 3.8) is 0 Å². The fraction of sp³-hybridized carbons (Fsp3) is 0.227. The molecule has 0 fully saturated rings. The lowest BCUT2D eigenvalue weighted by atomic mass is 9.90. The van der Waals surface area contributed by atoms with Crippen LogP contribution in [0, 0.1) is 0 Å². The third-order valence-electron chi connectivity index (χ3n) is 5.19. The number of hydrogen-bond acceptors (Lipinski definition) is 6. The van der Waals surface area contributed by atoms with Gasteiger partial charge < -0.3 is 13.6 Å². The van der Waals surface area contributed by atoms with Crippen molar-refractivity contribution < 1.29 is 18.4 Å². The number of para-hydroxylation sites is 1. The van der Waals surface area contributed by atoms with E-state index in [9.17, 15) is 4.79 Å². The Morgan fingerprint density at radius 1 is 1.03 bits per heavy atom. The fourth-order valence-electron chi connectivity index (χ4n) is 3.72. The highest BCUT2D eigenvalue weighted by molar-refractivity contribution is 6.04. The van der Waals surface area contributed by atoms with Crippen molar-refractivity contribution in [1.29, 1.82) is 0 Å². The summed E-state index contributed by atoms with van der Waals surface area (Å²) in [5.41, 5.74) is 4.08. The Bertz CT molecular complexity index is 1210.